The van der Waals surface area contributed by atoms with Crippen LogP contribution in [-0.2, 0) is 14.2 Å². The van der Waals surface area contributed by atoms with Gasteiger partial charge in [0.05, 0.1) is 18.8 Å². The van der Waals surface area contributed by atoms with Crippen LogP contribution in [0.25, 0.3) is 0 Å². The van der Waals surface area contributed by atoms with Gasteiger partial charge in [0, 0.05) is 25.6 Å². The Bertz CT molecular complexity index is 444. The van der Waals surface area contributed by atoms with Crippen LogP contribution in [0.2, 0.25) is 0 Å². The fourth-order valence-electron chi connectivity index (χ4n) is 2.74. The normalized spacial score (nSPS) is 27.2. The van der Waals surface area contributed by atoms with E-state index in [-0.39, 0.29) is 31.7 Å². The monoisotopic (exact) mass is 344 g/mol. The second-order valence-corrected chi connectivity index (χ2v) is 7.33. The van der Waals surface area contributed by atoms with Crippen molar-refractivity contribution < 1.29 is 28.9 Å². The number of carbonyl (C=O) groups excluding carboxylic acids is 2. The van der Waals surface area contributed by atoms with Crippen LogP contribution in [0.5, 0.6) is 0 Å². The Morgan fingerprint density at radius 3 is 2.71 bits per heavy atom. The van der Waals surface area contributed by atoms with Crippen molar-refractivity contribution >= 4 is 12.2 Å². The molecule has 0 radical (unpaired) electrons. The lowest BCUT2D eigenvalue weighted by Gasteiger charge is -2.24. The van der Waals surface area contributed by atoms with E-state index in [0.29, 0.717) is 13.2 Å². The van der Waals surface area contributed by atoms with Crippen molar-refractivity contribution in [1.29, 1.82) is 0 Å². The predicted molar refractivity (Wildman–Crippen MR) is 85.6 cm³/mol. The molecule has 2 rings (SSSR count). The van der Waals surface area contributed by atoms with E-state index in [4.69, 9.17) is 14.2 Å². The fourth-order valence-corrected chi connectivity index (χ4v) is 2.74. The second-order valence-electron chi connectivity index (χ2n) is 7.33. The van der Waals surface area contributed by atoms with Gasteiger partial charge in [-0.1, -0.05) is 0 Å². The average molecular weight is 344 g/mol. The number of aliphatic hydroxyl groups is 1. The summed E-state index contributed by atoms with van der Waals surface area (Å²) in [5.41, 5.74) is -0.579. The number of hydrogen-bond acceptors (Lipinski definition) is 6. The van der Waals surface area contributed by atoms with E-state index in [0.717, 1.165) is 12.8 Å². The molecule has 24 heavy (non-hydrogen) atoms. The molecule has 2 saturated heterocycles. The Hall–Kier alpha value is -1.54. The minimum Gasteiger partial charge on any atom is -0.447 e. The number of likely N-dealkylation sites (tertiary alicyclic amines) is 1. The standard InChI is InChI=1S/C16H28N2O6/c1-16(2,3)24-15(21)18-8-11(13(19)9-18)7-17-14(20)23-10-12-5-4-6-22-12/h11-13,19H,4-10H2,1-3H3,(H,17,20)/t11-,12-,13+/m1/s1. The van der Waals surface area contributed by atoms with Crippen molar-refractivity contribution in [2.75, 3.05) is 32.8 Å². The number of alkyl carbamates (subject to hydrolysis) is 1. The van der Waals surface area contributed by atoms with Crippen LogP contribution in [-0.4, -0.2) is 72.8 Å². The zero-order chi connectivity index (χ0) is 17.7. The third-order valence-electron chi connectivity index (χ3n) is 3.99. The Morgan fingerprint density at radius 1 is 1.33 bits per heavy atom. The van der Waals surface area contributed by atoms with Crippen molar-refractivity contribution in [2.24, 2.45) is 5.92 Å². The summed E-state index contributed by atoms with van der Waals surface area (Å²) < 4.78 is 15.8. The quantitative estimate of drug-likeness (QED) is 0.793. The van der Waals surface area contributed by atoms with Crippen LogP contribution >= 0.6 is 0 Å². The van der Waals surface area contributed by atoms with Crippen molar-refractivity contribution in [1.82, 2.24) is 10.2 Å². The van der Waals surface area contributed by atoms with Gasteiger partial charge in [-0.15, -0.1) is 0 Å². The molecule has 0 spiro atoms. The van der Waals surface area contributed by atoms with Crippen LogP contribution in [0.1, 0.15) is 33.6 Å². The number of β-amino-alcohol motifs (C(OH)–C–C–N with tert-alkyl or cyclic N) is 1. The number of nitrogens with one attached hydrogen (secondary N) is 1. The van der Waals surface area contributed by atoms with Gasteiger partial charge >= 0.3 is 12.2 Å². The van der Waals surface area contributed by atoms with Gasteiger partial charge in [-0.25, -0.2) is 9.59 Å². The van der Waals surface area contributed by atoms with Gasteiger partial charge in [0.1, 0.15) is 12.2 Å². The molecule has 0 aromatic heterocycles. The summed E-state index contributed by atoms with van der Waals surface area (Å²) in [6.45, 7) is 7.11. The van der Waals surface area contributed by atoms with Crippen molar-refractivity contribution in [3.8, 4) is 0 Å². The van der Waals surface area contributed by atoms with Crippen LogP contribution in [0.4, 0.5) is 9.59 Å². The molecule has 0 aromatic rings. The minimum atomic E-state index is -0.698. The van der Waals surface area contributed by atoms with E-state index in [1.807, 2.05) is 0 Å². The second kappa shape index (κ2) is 8.02. The molecule has 3 atom stereocenters. The summed E-state index contributed by atoms with van der Waals surface area (Å²) in [7, 11) is 0. The van der Waals surface area contributed by atoms with Gasteiger partial charge in [0.25, 0.3) is 0 Å². The lowest BCUT2D eigenvalue weighted by molar-refractivity contribution is 0.0270. The van der Waals surface area contributed by atoms with E-state index >= 15 is 0 Å². The summed E-state index contributed by atoms with van der Waals surface area (Å²) in [5.74, 6) is -0.243. The smallest absolute Gasteiger partial charge is 0.410 e. The number of aliphatic hydroxyl groups excluding tert-OH is 1. The maximum atomic E-state index is 12.0. The van der Waals surface area contributed by atoms with Gasteiger partial charge in [-0.2, -0.15) is 0 Å². The molecule has 0 bridgehead atoms. The van der Waals surface area contributed by atoms with E-state index in [1.54, 1.807) is 20.8 Å². The highest BCUT2D eigenvalue weighted by Gasteiger charge is 2.36. The minimum absolute atomic E-state index is 0.0181. The molecule has 2 amide bonds. The number of carbonyl (C=O) groups is 2. The van der Waals surface area contributed by atoms with E-state index in [9.17, 15) is 14.7 Å². The molecule has 0 aliphatic carbocycles. The number of ether oxygens (including phenoxy) is 3. The molecule has 0 saturated carbocycles. The number of rotatable bonds is 4. The van der Waals surface area contributed by atoms with Crippen molar-refractivity contribution in [3.05, 3.63) is 0 Å². The summed E-state index contributed by atoms with van der Waals surface area (Å²) in [6, 6.07) is 0. The predicted octanol–water partition coefficient (Wildman–Crippen LogP) is 1.12. The molecule has 8 heteroatoms. The average Bonchev–Trinajstić information content (AvgIpc) is 3.10. The van der Waals surface area contributed by atoms with Gasteiger partial charge in [0.2, 0.25) is 0 Å². The Labute approximate surface area is 142 Å². The summed E-state index contributed by atoms with van der Waals surface area (Å²) in [5, 5.41) is 12.7. The van der Waals surface area contributed by atoms with E-state index in [2.05, 4.69) is 5.32 Å². The molecular weight excluding hydrogens is 316 g/mol. The Balaban J connectivity index is 1.68. The van der Waals surface area contributed by atoms with Crippen LogP contribution < -0.4 is 5.32 Å². The number of nitrogens with zero attached hydrogens (tertiary/aromatic N) is 1. The van der Waals surface area contributed by atoms with Crippen LogP contribution in [0.3, 0.4) is 0 Å². The molecule has 2 fully saturated rings. The third-order valence-corrected chi connectivity index (χ3v) is 3.99. The largest absolute Gasteiger partial charge is 0.447 e. The molecule has 0 unspecified atom stereocenters. The molecule has 2 N–H and O–H groups in total. The summed E-state index contributed by atoms with van der Waals surface area (Å²) in [6.07, 6.45) is 0.189. The van der Waals surface area contributed by atoms with Gasteiger partial charge in [-0.05, 0) is 33.6 Å². The van der Waals surface area contributed by atoms with E-state index < -0.39 is 23.9 Å². The first kappa shape index (κ1) is 18.8. The molecule has 2 heterocycles. The highest BCUT2D eigenvalue weighted by Crippen LogP contribution is 2.19. The highest BCUT2D eigenvalue weighted by molar-refractivity contribution is 5.69. The Morgan fingerprint density at radius 2 is 2.08 bits per heavy atom. The van der Waals surface area contributed by atoms with Crippen molar-refractivity contribution in [2.45, 2.75) is 51.4 Å². The van der Waals surface area contributed by atoms with Gasteiger partial charge in [-0.3, -0.25) is 0 Å². The maximum Gasteiger partial charge on any atom is 0.410 e. The van der Waals surface area contributed by atoms with E-state index in [1.165, 1.54) is 4.90 Å². The molecule has 2 aliphatic rings. The SMILES string of the molecule is CC(C)(C)OC(=O)N1C[C@@H](CNC(=O)OC[C@H]2CCCO2)[C@@H](O)C1. The highest BCUT2D eigenvalue weighted by atomic mass is 16.6. The fraction of sp³-hybridized carbons (Fsp3) is 0.875. The number of hydrogen-bond donors (Lipinski definition) is 2. The first-order valence-electron chi connectivity index (χ1n) is 8.43. The van der Waals surface area contributed by atoms with Crippen LogP contribution in [0.15, 0.2) is 0 Å². The summed E-state index contributed by atoms with van der Waals surface area (Å²) in [4.78, 5) is 25.2. The first-order chi connectivity index (χ1) is 11.2. The zero-order valence-corrected chi connectivity index (χ0v) is 14.6. The summed E-state index contributed by atoms with van der Waals surface area (Å²) >= 11 is 0. The topological polar surface area (TPSA) is 97.3 Å². The lowest BCUT2D eigenvalue weighted by Crippen LogP contribution is -2.37. The van der Waals surface area contributed by atoms with Crippen molar-refractivity contribution in [3.63, 3.8) is 0 Å². The Kier molecular flexibility index (Phi) is 6.28. The molecule has 0 aromatic carbocycles. The van der Waals surface area contributed by atoms with Crippen LogP contribution in [0, 0.1) is 5.92 Å². The van der Waals surface area contributed by atoms with Gasteiger partial charge in [0.15, 0.2) is 0 Å². The maximum absolute atomic E-state index is 12.0. The zero-order valence-electron chi connectivity index (χ0n) is 14.6. The molecule has 138 valence electrons. The third kappa shape index (κ3) is 5.83. The van der Waals surface area contributed by atoms with Gasteiger partial charge < -0.3 is 29.5 Å². The lowest BCUT2D eigenvalue weighted by atomic mass is 10.1. The molecule has 8 nitrogen and oxygen atoms in total. The number of amides is 2. The first-order valence-corrected chi connectivity index (χ1v) is 8.43. The molecular formula is C16H28N2O6. The molecule has 2 aliphatic heterocycles.